The summed E-state index contributed by atoms with van der Waals surface area (Å²) in [5.74, 6) is 0.805. The quantitative estimate of drug-likeness (QED) is 0.697. The Morgan fingerprint density at radius 3 is 2.62 bits per heavy atom. The smallest absolute Gasteiger partial charge is 0.143 e. The standard InChI is InChI=1S/C16H14BrCl2NO/c1-21-14-8-12(17)15(19)11-6-7-13(20-16(11)14)9-2-4-10(18)5-3-9/h2-5,8,13,20H,6-7H2,1H3. The normalized spacial score (nSPS) is 17.0. The molecule has 110 valence electrons. The highest BCUT2D eigenvalue weighted by atomic mass is 79.9. The van der Waals surface area contributed by atoms with Crippen molar-refractivity contribution in [3.8, 4) is 5.75 Å². The molecule has 0 bridgehead atoms. The van der Waals surface area contributed by atoms with Crippen LogP contribution in [0.2, 0.25) is 10.0 Å². The third-order valence-electron chi connectivity index (χ3n) is 3.77. The Bertz CT molecular complexity index is 673. The highest BCUT2D eigenvalue weighted by molar-refractivity contribution is 9.10. The summed E-state index contributed by atoms with van der Waals surface area (Å²) in [6.45, 7) is 0. The molecule has 1 unspecified atom stereocenters. The summed E-state index contributed by atoms with van der Waals surface area (Å²) in [7, 11) is 1.67. The number of hydrogen-bond acceptors (Lipinski definition) is 2. The van der Waals surface area contributed by atoms with E-state index >= 15 is 0 Å². The largest absolute Gasteiger partial charge is 0.495 e. The van der Waals surface area contributed by atoms with Crippen molar-refractivity contribution in [2.24, 2.45) is 0 Å². The van der Waals surface area contributed by atoms with Crippen LogP contribution < -0.4 is 10.1 Å². The maximum absolute atomic E-state index is 6.39. The Morgan fingerprint density at radius 1 is 1.24 bits per heavy atom. The van der Waals surface area contributed by atoms with Crippen LogP contribution in [0.15, 0.2) is 34.8 Å². The minimum atomic E-state index is 0.237. The van der Waals surface area contributed by atoms with E-state index in [1.54, 1.807) is 7.11 Å². The first-order valence-electron chi connectivity index (χ1n) is 6.67. The first-order valence-corrected chi connectivity index (χ1v) is 8.22. The van der Waals surface area contributed by atoms with Gasteiger partial charge in [-0.15, -0.1) is 0 Å². The molecule has 0 saturated heterocycles. The molecule has 3 rings (SSSR count). The fourth-order valence-electron chi connectivity index (χ4n) is 2.69. The molecule has 0 aliphatic carbocycles. The summed E-state index contributed by atoms with van der Waals surface area (Å²) < 4.78 is 6.35. The second kappa shape index (κ2) is 6.07. The Morgan fingerprint density at radius 2 is 1.95 bits per heavy atom. The van der Waals surface area contributed by atoms with Gasteiger partial charge in [0.1, 0.15) is 5.75 Å². The van der Waals surface area contributed by atoms with Gasteiger partial charge in [0.2, 0.25) is 0 Å². The first kappa shape index (κ1) is 15.0. The predicted molar refractivity (Wildman–Crippen MR) is 91.8 cm³/mol. The molecule has 1 aliphatic heterocycles. The van der Waals surface area contributed by atoms with Crippen molar-refractivity contribution >= 4 is 44.8 Å². The zero-order chi connectivity index (χ0) is 15.0. The fourth-order valence-corrected chi connectivity index (χ4v) is 3.50. The summed E-state index contributed by atoms with van der Waals surface area (Å²) in [4.78, 5) is 0. The number of hydrogen-bond donors (Lipinski definition) is 1. The van der Waals surface area contributed by atoms with E-state index in [0.717, 1.165) is 44.4 Å². The minimum Gasteiger partial charge on any atom is -0.495 e. The Kier molecular flexibility index (Phi) is 4.34. The van der Waals surface area contributed by atoms with Crippen LogP contribution in [0.4, 0.5) is 5.69 Å². The predicted octanol–water partition coefficient (Wildman–Crippen LogP) is 5.86. The first-order chi connectivity index (χ1) is 10.1. The molecule has 1 N–H and O–H groups in total. The van der Waals surface area contributed by atoms with E-state index in [4.69, 9.17) is 27.9 Å². The van der Waals surface area contributed by atoms with Crippen LogP contribution in [0, 0.1) is 0 Å². The molecule has 0 radical (unpaired) electrons. The third kappa shape index (κ3) is 2.87. The molecule has 0 aromatic heterocycles. The van der Waals surface area contributed by atoms with Crippen molar-refractivity contribution in [1.82, 2.24) is 0 Å². The lowest BCUT2D eigenvalue weighted by atomic mass is 9.93. The number of benzene rings is 2. The van der Waals surface area contributed by atoms with Gasteiger partial charge in [0.05, 0.1) is 23.9 Å². The van der Waals surface area contributed by atoms with E-state index in [2.05, 4.69) is 33.4 Å². The molecule has 21 heavy (non-hydrogen) atoms. The molecule has 0 spiro atoms. The summed E-state index contributed by atoms with van der Waals surface area (Å²) in [6, 6.07) is 10.1. The van der Waals surface area contributed by atoms with Gasteiger partial charge in [-0.05, 0) is 58.1 Å². The molecule has 2 aromatic carbocycles. The topological polar surface area (TPSA) is 21.3 Å². The average molecular weight is 387 g/mol. The molecule has 2 aromatic rings. The maximum Gasteiger partial charge on any atom is 0.143 e. The summed E-state index contributed by atoms with van der Waals surface area (Å²) >= 11 is 15.8. The van der Waals surface area contributed by atoms with Gasteiger partial charge in [0.25, 0.3) is 0 Å². The molecule has 0 saturated carbocycles. The van der Waals surface area contributed by atoms with Crippen LogP contribution in [0.25, 0.3) is 0 Å². The third-order valence-corrected chi connectivity index (χ3v) is 5.31. The molecule has 1 aliphatic rings. The maximum atomic E-state index is 6.39. The number of halogens is 3. The van der Waals surface area contributed by atoms with Crippen LogP contribution in [-0.4, -0.2) is 7.11 Å². The molecule has 2 nitrogen and oxygen atoms in total. The van der Waals surface area contributed by atoms with Gasteiger partial charge >= 0.3 is 0 Å². The number of ether oxygens (including phenoxy) is 1. The fraction of sp³-hybridized carbons (Fsp3) is 0.250. The van der Waals surface area contributed by atoms with Crippen LogP contribution in [-0.2, 0) is 6.42 Å². The zero-order valence-corrected chi connectivity index (χ0v) is 14.5. The molecular formula is C16H14BrCl2NO. The van der Waals surface area contributed by atoms with E-state index in [1.165, 1.54) is 5.56 Å². The van der Waals surface area contributed by atoms with Crippen molar-refractivity contribution in [1.29, 1.82) is 0 Å². The van der Waals surface area contributed by atoms with E-state index < -0.39 is 0 Å². The lowest BCUT2D eigenvalue weighted by molar-refractivity contribution is 0.414. The summed E-state index contributed by atoms with van der Waals surface area (Å²) in [6.07, 6.45) is 1.89. The van der Waals surface area contributed by atoms with E-state index in [1.807, 2.05) is 18.2 Å². The van der Waals surface area contributed by atoms with E-state index in [0.29, 0.717) is 0 Å². The van der Waals surface area contributed by atoms with Gasteiger partial charge in [0, 0.05) is 9.50 Å². The average Bonchev–Trinajstić information content (AvgIpc) is 2.51. The molecule has 0 fully saturated rings. The Balaban J connectivity index is 1.98. The monoisotopic (exact) mass is 385 g/mol. The zero-order valence-electron chi connectivity index (χ0n) is 11.4. The Hall–Kier alpha value is -0.900. The number of methoxy groups -OCH3 is 1. The number of anilines is 1. The number of fused-ring (bicyclic) bond motifs is 1. The number of rotatable bonds is 2. The molecule has 1 atom stereocenters. The van der Waals surface area contributed by atoms with E-state index in [-0.39, 0.29) is 6.04 Å². The summed E-state index contributed by atoms with van der Waals surface area (Å²) in [5.41, 5.74) is 3.30. The Labute approximate surface area is 142 Å². The van der Waals surface area contributed by atoms with Crippen molar-refractivity contribution in [3.63, 3.8) is 0 Å². The van der Waals surface area contributed by atoms with Crippen LogP contribution in [0.3, 0.4) is 0 Å². The molecular weight excluding hydrogens is 373 g/mol. The molecule has 1 heterocycles. The van der Waals surface area contributed by atoms with Gasteiger partial charge in [-0.3, -0.25) is 0 Å². The van der Waals surface area contributed by atoms with Crippen molar-refractivity contribution < 1.29 is 4.74 Å². The second-order valence-electron chi connectivity index (χ2n) is 5.02. The summed E-state index contributed by atoms with van der Waals surface area (Å²) in [5, 5.41) is 5.05. The minimum absolute atomic E-state index is 0.237. The van der Waals surface area contributed by atoms with E-state index in [9.17, 15) is 0 Å². The van der Waals surface area contributed by atoms with Crippen molar-refractivity contribution in [2.45, 2.75) is 18.9 Å². The van der Waals surface area contributed by atoms with Gasteiger partial charge in [-0.25, -0.2) is 0 Å². The van der Waals surface area contributed by atoms with Crippen molar-refractivity contribution in [2.75, 3.05) is 12.4 Å². The van der Waals surface area contributed by atoms with Crippen molar-refractivity contribution in [3.05, 3.63) is 56.0 Å². The van der Waals surface area contributed by atoms with Crippen LogP contribution >= 0.6 is 39.1 Å². The molecule has 0 amide bonds. The molecule has 5 heteroatoms. The van der Waals surface area contributed by atoms with Gasteiger partial charge in [-0.2, -0.15) is 0 Å². The lowest BCUT2D eigenvalue weighted by Gasteiger charge is -2.30. The second-order valence-corrected chi connectivity index (χ2v) is 6.68. The van der Waals surface area contributed by atoms with Gasteiger partial charge in [0.15, 0.2) is 0 Å². The lowest BCUT2D eigenvalue weighted by Crippen LogP contribution is -2.19. The van der Waals surface area contributed by atoms with Crippen LogP contribution in [0.5, 0.6) is 5.75 Å². The SMILES string of the molecule is COc1cc(Br)c(Cl)c2c1NC(c1ccc(Cl)cc1)CC2. The highest BCUT2D eigenvalue weighted by Gasteiger charge is 2.25. The van der Waals surface area contributed by atoms with Gasteiger partial charge in [-0.1, -0.05) is 35.3 Å². The van der Waals surface area contributed by atoms with Crippen LogP contribution in [0.1, 0.15) is 23.6 Å². The van der Waals surface area contributed by atoms with Gasteiger partial charge < -0.3 is 10.1 Å². The highest BCUT2D eigenvalue weighted by Crippen LogP contribution is 2.45. The number of nitrogens with one attached hydrogen (secondary N) is 1.